The molecule has 0 spiro atoms. The molecule has 17 heavy (non-hydrogen) atoms. The van der Waals surface area contributed by atoms with E-state index in [0.717, 1.165) is 12.1 Å². The summed E-state index contributed by atoms with van der Waals surface area (Å²) < 4.78 is 18.6. The molecule has 3 heteroatoms. The SMILES string of the molecule is C=C(CNC(C)C)COc1ccc(F)c(C)c1. The third-order valence-electron chi connectivity index (χ3n) is 2.33. The van der Waals surface area contributed by atoms with E-state index in [2.05, 4.69) is 25.7 Å². The summed E-state index contributed by atoms with van der Waals surface area (Å²) in [4.78, 5) is 0. The molecule has 0 aliphatic heterocycles. The average Bonchev–Trinajstić information content (AvgIpc) is 2.28. The van der Waals surface area contributed by atoms with E-state index in [0.29, 0.717) is 24.0 Å². The summed E-state index contributed by atoms with van der Waals surface area (Å²) in [7, 11) is 0. The second-order valence-electron chi connectivity index (χ2n) is 4.49. The summed E-state index contributed by atoms with van der Waals surface area (Å²) in [6.45, 7) is 11.0. The van der Waals surface area contributed by atoms with Crippen LogP contribution in [0.5, 0.6) is 5.75 Å². The highest BCUT2D eigenvalue weighted by Crippen LogP contribution is 2.16. The molecule has 0 fully saturated rings. The molecule has 0 aliphatic carbocycles. The molecular weight excluding hydrogens is 217 g/mol. The van der Waals surface area contributed by atoms with E-state index in [1.54, 1.807) is 19.1 Å². The monoisotopic (exact) mass is 237 g/mol. The van der Waals surface area contributed by atoms with E-state index >= 15 is 0 Å². The van der Waals surface area contributed by atoms with Crippen molar-refractivity contribution in [2.24, 2.45) is 0 Å². The van der Waals surface area contributed by atoms with Crippen molar-refractivity contribution in [3.8, 4) is 5.75 Å². The predicted octanol–water partition coefficient (Wildman–Crippen LogP) is 3.07. The van der Waals surface area contributed by atoms with Gasteiger partial charge in [0.05, 0.1) is 0 Å². The third-order valence-corrected chi connectivity index (χ3v) is 2.33. The lowest BCUT2D eigenvalue weighted by molar-refractivity contribution is 0.346. The molecule has 1 N–H and O–H groups in total. The Morgan fingerprint density at radius 2 is 2.18 bits per heavy atom. The molecule has 0 saturated heterocycles. The zero-order valence-electron chi connectivity index (χ0n) is 10.7. The molecule has 0 amide bonds. The van der Waals surface area contributed by atoms with Gasteiger partial charge in [-0.3, -0.25) is 0 Å². The third kappa shape index (κ3) is 5.00. The average molecular weight is 237 g/mol. The molecule has 1 aromatic carbocycles. The quantitative estimate of drug-likeness (QED) is 0.768. The number of ether oxygens (including phenoxy) is 1. The molecule has 0 unspecified atom stereocenters. The zero-order chi connectivity index (χ0) is 12.8. The Balaban J connectivity index is 2.39. The zero-order valence-corrected chi connectivity index (χ0v) is 10.7. The molecule has 0 atom stereocenters. The Hall–Kier alpha value is -1.35. The number of rotatable bonds is 6. The Kier molecular flexibility index (Phi) is 5.16. The van der Waals surface area contributed by atoms with E-state index in [1.807, 2.05) is 0 Å². The van der Waals surface area contributed by atoms with Crippen LogP contribution >= 0.6 is 0 Å². The van der Waals surface area contributed by atoms with E-state index in [-0.39, 0.29) is 5.82 Å². The fourth-order valence-electron chi connectivity index (χ4n) is 1.29. The van der Waals surface area contributed by atoms with Crippen LogP contribution < -0.4 is 10.1 Å². The molecule has 1 rings (SSSR count). The number of halogens is 1. The lowest BCUT2D eigenvalue weighted by Gasteiger charge is -2.12. The number of benzene rings is 1. The van der Waals surface area contributed by atoms with Gasteiger partial charge < -0.3 is 10.1 Å². The van der Waals surface area contributed by atoms with Gasteiger partial charge in [0.25, 0.3) is 0 Å². The molecule has 0 saturated carbocycles. The molecule has 0 aliphatic rings. The maximum atomic E-state index is 13.0. The highest BCUT2D eigenvalue weighted by atomic mass is 19.1. The second kappa shape index (κ2) is 6.40. The lowest BCUT2D eigenvalue weighted by atomic mass is 10.2. The van der Waals surface area contributed by atoms with Gasteiger partial charge >= 0.3 is 0 Å². The van der Waals surface area contributed by atoms with E-state index in [4.69, 9.17) is 4.74 Å². The number of hydrogen-bond acceptors (Lipinski definition) is 2. The van der Waals surface area contributed by atoms with E-state index in [9.17, 15) is 4.39 Å². The minimum atomic E-state index is -0.211. The molecule has 0 bridgehead atoms. The van der Waals surface area contributed by atoms with E-state index in [1.165, 1.54) is 6.07 Å². The lowest BCUT2D eigenvalue weighted by Crippen LogP contribution is -2.26. The second-order valence-corrected chi connectivity index (χ2v) is 4.49. The van der Waals surface area contributed by atoms with Crippen LogP contribution in [0.4, 0.5) is 4.39 Å². The Labute approximate surface area is 102 Å². The smallest absolute Gasteiger partial charge is 0.126 e. The van der Waals surface area contributed by atoms with Gasteiger partial charge in [-0.2, -0.15) is 0 Å². The van der Waals surface area contributed by atoms with Crippen molar-refractivity contribution in [3.05, 3.63) is 41.7 Å². The molecule has 2 nitrogen and oxygen atoms in total. The fourth-order valence-corrected chi connectivity index (χ4v) is 1.29. The number of hydrogen-bond donors (Lipinski definition) is 1. The van der Waals surface area contributed by atoms with Gasteiger partial charge in [0.1, 0.15) is 18.2 Å². The van der Waals surface area contributed by atoms with Crippen molar-refractivity contribution >= 4 is 0 Å². The molecule has 1 aromatic rings. The summed E-state index contributed by atoms with van der Waals surface area (Å²) in [6, 6.07) is 5.17. The Morgan fingerprint density at radius 3 is 2.76 bits per heavy atom. The minimum Gasteiger partial charge on any atom is -0.489 e. The maximum Gasteiger partial charge on any atom is 0.126 e. The van der Waals surface area contributed by atoms with E-state index < -0.39 is 0 Å². The number of aryl methyl sites for hydroxylation is 1. The van der Waals surface area contributed by atoms with Gasteiger partial charge in [-0.1, -0.05) is 20.4 Å². The van der Waals surface area contributed by atoms with Crippen LogP contribution in [-0.4, -0.2) is 19.2 Å². The summed E-state index contributed by atoms with van der Waals surface area (Å²) >= 11 is 0. The minimum absolute atomic E-state index is 0.211. The normalized spacial score (nSPS) is 10.6. The van der Waals surface area contributed by atoms with Gasteiger partial charge in [-0.15, -0.1) is 0 Å². The first-order chi connectivity index (χ1) is 7.99. The van der Waals surface area contributed by atoms with Gasteiger partial charge in [0.15, 0.2) is 0 Å². The van der Waals surface area contributed by atoms with Gasteiger partial charge in [0, 0.05) is 12.6 Å². The van der Waals surface area contributed by atoms with Gasteiger partial charge in [-0.05, 0) is 36.3 Å². The van der Waals surface area contributed by atoms with Crippen LogP contribution in [0.2, 0.25) is 0 Å². The first-order valence-corrected chi connectivity index (χ1v) is 5.78. The predicted molar refractivity (Wildman–Crippen MR) is 68.9 cm³/mol. The van der Waals surface area contributed by atoms with Crippen LogP contribution in [0.1, 0.15) is 19.4 Å². The maximum absolute atomic E-state index is 13.0. The van der Waals surface area contributed by atoms with Crippen molar-refractivity contribution in [3.63, 3.8) is 0 Å². The van der Waals surface area contributed by atoms with Crippen molar-refractivity contribution < 1.29 is 9.13 Å². The summed E-state index contributed by atoms with van der Waals surface area (Å²) in [5, 5.41) is 3.26. The number of nitrogens with one attached hydrogen (secondary N) is 1. The fraction of sp³-hybridized carbons (Fsp3) is 0.429. The summed E-state index contributed by atoms with van der Waals surface area (Å²) in [5.74, 6) is 0.465. The van der Waals surface area contributed by atoms with Crippen molar-refractivity contribution in [2.45, 2.75) is 26.8 Å². The van der Waals surface area contributed by atoms with Crippen LogP contribution in [0, 0.1) is 12.7 Å². The highest BCUT2D eigenvalue weighted by molar-refractivity contribution is 5.29. The largest absolute Gasteiger partial charge is 0.489 e. The van der Waals surface area contributed by atoms with Crippen LogP contribution in [0.3, 0.4) is 0 Å². The van der Waals surface area contributed by atoms with Crippen LogP contribution in [-0.2, 0) is 0 Å². The van der Waals surface area contributed by atoms with Gasteiger partial charge in [-0.25, -0.2) is 4.39 Å². The summed E-state index contributed by atoms with van der Waals surface area (Å²) in [6.07, 6.45) is 0. The standard InChI is InChI=1S/C14H20FNO/c1-10(2)16-8-11(3)9-17-13-5-6-14(15)12(4)7-13/h5-7,10,16H,3,8-9H2,1-2,4H3. The molecular formula is C14H20FNO. The summed E-state index contributed by atoms with van der Waals surface area (Å²) in [5.41, 5.74) is 1.56. The molecule has 0 radical (unpaired) electrons. The van der Waals surface area contributed by atoms with Crippen molar-refractivity contribution in [2.75, 3.05) is 13.2 Å². The topological polar surface area (TPSA) is 21.3 Å². The first-order valence-electron chi connectivity index (χ1n) is 5.78. The Bertz CT molecular complexity index is 388. The van der Waals surface area contributed by atoms with Crippen molar-refractivity contribution in [1.82, 2.24) is 5.32 Å². The van der Waals surface area contributed by atoms with Crippen LogP contribution in [0.25, 0.3) is 0 Å². The van der Waals surface area contributed by atoms with Crippen molar-refractivity contribution in [1.29, 1.82) is 0 Å². The molecule has 0 aromatic heterocycles. The Morgan fingerprint density at radius 1 is 1.47 bits per heavy atom. The first kappa shape index (κ1) is 13.7. The molecule has 0 heterocycles. The van der Waals surface area contributed by atoms with Crippen LogP contribution in [0.15, 0.2) is 30.4 Å². The van der Waals surface area contributed by atoms with Gasteiger partial charge in [0.2, 0.25) is 0 Å². The molecule has 94 valence electrons. The highest BCUT2D eigenvalue weighted by Gasteiger charge is 2.01.